The van der Waals surface area contributed by atoms with Crippen molar-refractivity contribution in [3.63, 3.8) is 0 Å². The van der Waals surface area contributed by atoms with E-state index >= 15 is 0 Å². The maximum absolute atomic E-state index is 5.08. The van der Waals surface area contributed by atoms with Gasteiger partial charge < -0.3 is 10.1 Å². The molecule has 0 radical (unpaired) electrons. The van der Waals surface area contributed by atoms with Crippen LogP contribution in [0.4, 0.5) is 0 Å². The maximum atomic E-state index is 5.08. The summed E-state index contributed by atoms with van der Waals surface area (Å²) in [6.07, 6.45) is 0. The Morgan fingerprint density at radius 1 is 1.50 bits per heavy atom. The van der Waals surface area contributed by atoms with Crippen LogP contribution in [-0.2, 0) is 11.3 Å². The van der Waals surface area contributed by atoms with Crippen LogP contribution in [0.5, 0.6) is 0 Å². The van der Waals surface area contributed by atoms with Gasteiger partial charge in [-0.2, -0.15) is 0 Å². The highest BCUT2D eigenvalue weighted by molar-refractivity contribution is 9.10. The second kappa shape index (κ2) is 6.17. The minimum Gasteiger partial charge on any atom is -0.379 e. The minimum atomic E-state index is 0.513. The maximum Gasteiger partial charge on any atom is 0.107 e. The molecular weight excluding hydrogens is 242 g/mol. The number of ether oxygens (including phenoxy) is 1. The van der Waals surface area contributed by atoms with Gasteiger partial charge in [0.05, 0.1) is 6.61 Å². The Morgan fingerprint density at radius 2 is 2.29 bits per heavy atom. The molecule has 3 heteroatoms. The van der Waals surface area contributed by atoms with Crippen LogP contribution in [0.2, 0.25) is 0 Å². The second-order valence-corrected chi connectivity index (χ2v) is 4.42. The van der Waals surface area contributed by atoms with Gasteiger partial charge >= 0.3 is 0 Å². The number of rotatable bonds is 5. The Balaban J connectivity index is 2.37. The normalized spacial score (nSPS) is 12.8. The number of benzene rings is 1. The largest absolute Gasteiger partial charge is 0.379 e. The first-order valence-electron chi connectivity index (χ1n) is 4.79. The van der Waals surface area contributed by atoms with Gasteiger partial charge in [0.2, 0.25) is 0 Å². The van der Waals surface area contributed by atoms with E-state index in [0.29, 0.717) is 6.04 Å². The van der Waals surface area contributed by atoms with E-state index < -0.39 is 0 Å². The average molecular weight is 259 g/mol. The smallest absolute Gasteiger partial charge is 0.107 e. The van der Waals surface area contributed by atoms with E-state index in [0.717, 1.165) is 17.6 Å². The molecule has 0 bridgehead atoms. The van der Waals surface area contributed by atoms with Gasteiger partial charge in [0.25, 0.3) is 0 Å². The highest BCUT2D eigenvalue weighted by Crippen LogP contribution is 2.10. The lowest BCUT2D eigenvalue weighted by atomic mass is 10.2. The molecule has 1 rings (SSSR count). The lowest BCUT2D eigenvalue weighted by molar-refractivity contribution is -0.702. The van der Waals surface area contributed by atoms with Crippen molar-refractivity contribution in [1.82, 2.24) is 0 Å². The van der Waals surface area contributed by atoms with Gasteiger partial charge in [-0.25, -0.2) is 0 Å². The minimum absolute atomic E-state index is 0.513. The summed E-state index contributed by atoms with van der Waals surface area (Å²) in [5.74, 6) is 0. The summed E-state index contributed by atoms with van der Waals surface area (Å²) < 4.78 is 6.22. The number of quaternary nitrogens is 1. The monoisotopic (exact) mass is 258 g/mol. The zero-order chi connectivity index (χ0) is 10.4. The summed E-state index contributed by atoms with van der Waals surface area (Å²) >= 11 is 3.46. The molecule has 0 aliphatic carbocycles. The van der Waals surface area contributed by atoms with Gasteiger partial charge in [-0.1, -0.05) is 28.1 Å². The molecule has 0 amide bonds. The van der Waals surface area contributed by atoms with Crippen LogP contribution in [0, 0.1) is 0 Å². The van der Waals surface area contributed by atoms with Crippen LogP contribution in [0.25, 0.3) is 0 Å². The number of methoxy groups -OCH3 is 1. The van der Waals surface area contributed by atoms with Gasteiger partial charge in [0.1, 0.15) is 12.6 Å². The molecule has 78 valence electrons. The molecule has 1 atom stereocenters. The van der Waals surface area contributed by atoms with Crippen molar-refractivity contribution in [2.75, 3.05) is 13.7 Å². The van der Waals surface area contributed by atoms with Crippen LogP contribution in [0.1, 0.15) is 12.5 Å². The Labute approximate surface area is 93.8 Å². The van der Waals surface area contributed by atoms with Crippen LogP contribution >= 0.6 is 15.9 Å². The standard InChI is InChI=1S/C11H16BrNO/c1-9(8-14-2)13-7-10-4-3-5-11(12)6-10/h3-6,9,13H,7-8H2,1-2H3/p+1. The van der Waals surface area contributed by atoms with Gasteiger partial charge in [-0.15, -0.1) is 0 Å². The highest BCUT2D eigenvalue weighted by atomic mass is 79.9. The van der Waals surface area contributed by atoms with Crippen molar-refractivity contribution in [3.05, 3.63) is 34.3 Å². The van der Waals surface area contributed by atoms with Crippen molar-refractivity contribution in [1.29, 1.82) is 0 Å². The molecule has 2 nitrogen and oxygen atoms in total. The molecule has 0 saturated heterocycles. The molecular formula is C11H17BrNO+. The van der Waals surface area contributed by atoms with Crippen molar-refractivity contribution >= 4 is 15.9 Å². The molecule has 2 N–H and O–H groups in total. The molecule has 0 heterocycles. The topological polar surface area (TPSA) is 25.8 Å². The average Bonchev–Trinajstić information content (AvgIpc) is 2.15. The van der Waals surface area contributed by atoms with E-state index in [1.807, 2.05) is 6.07 Å². The van der Waals surface area contributed by atoms with Gasteiger partial charge in [-0.05, 0) is 19.1 Å². The third kappa shape index (κ3) is 4.22. The van der Waals surface area contributed by atoms with E-state index in [4.69, 9.17) is 4.74 Å². The zero-order valence-corrected chi connectivity index (χ0v) is 10.3. The fourth-order valence-corrected chi connectivity index (χ4v) is 1.78. The quantitative estimate of drug-likeness (QED) is 0.853. The molecule has 0 fully saturated rings. The van der Waals surface area contributed by atoms with Gasteiger partial charge in [0, 0.05) is 17.1 Å². The van der Waals surface area contributed by atoms with E-state index in [9.17, 15) is 0 Å². The predicted molar refractivity (Wildman–Crippen MR) is 61.1 cm³/mol. The molecule has 0 spiro atoms. The third-order valence-corrected chi connectivity index (χ3v) is 2.57. The lowest BCUT2D eigenvalue weighted by Gasteiger charge is -2.09. The highest BCUT2D eigenvalue weighted by Gasteiger charge is 2.04. The molecule has 1 aromatic rings. The number of halogens is 1. The third-order valence-electron chi connectivity index (χ3n) is 2.07. The van der Waals surface area contributed by atoms with Crippen LogP contribution in [0.15, 0.2) is 28.7 Å². The molecule has 0 saturated carbocycles. The first-order valence-corrected chi connectivity index (χ1v) is 5.58. The van der Waals surface area contributed by atoms with E-state index in [2.05, 4.69) is 46.4 Å². The lowest BCUT2D eigenvalue weighted by Crippen LogP contribution is -2.88. The van der Waals surface area contributed by atoms with E-state index in [1.54, 1.807) is 7.11 Å². The summed E-state index contributed by atoms with van der Waals surface area (Å²) in [5, 5.41) is 2.28. The summed E-state index contributed by atoms with van der Waals surface area (Å²) in [6.45, 7) is 3.97. The van der Waals surface area contributed by atoms with E-state index in [1.165, 1.54) is 5.56 Å². The van der Waals surface area contributed by atoms with Crippen molar-refractivity contribution in [2.45, 2.75) is 19.5 Å². The molecule has 0 aliphatic rings. The second-order valence-electron chi connectivity index (χ2n) is 3.50. The van der Waals surface area contributed by atoms with Crippen molar-refractivity contribution in [2.24, 2.45) is 0 Å². The zero-order valence-electron chi connectivity index (χ0n) is 8.66. The first-order chi connectivity index (χ1) is 6.72. The summed E-state index contributed by atoms with van der Waals surface area (Å²) in [5.41, 5.74) is 1.34. The first kappa shape index (κ1) is 11.7. The van der Waals surface area contributed by atoms with Crippen LogP contribution in [0.3, 0.4) is 0 Å². The van der Waals surface area contributed by atoms with Crippen LogP contribution in [-0.4, -0.2) is 19.8 Å². The fourth-order valence-electron chi connectivity index (χ4n) is 1.33. The summed E-state index contributed by atoms with van der Waals surface area (Å²) in [4.78, 5) is 0. The summed E-state index contributed by atoms with van der Waals surface area (Å²) in [7, 11) is 1.74. The van der Waals surface area contributed by atoms with Crippen LogP contribution < -0.4 is 5.32 Å². The molecule has 0 aromatic heterocycles. The molecule has 1 unspecified atom stereocenters. The number of nitrogens with two attached hydrogens (primary N) is 1. The Kier molecular flexibility index (Phi) is 5.15. The number of hydrogen-bond donors (Lipinski definition) is 1. The molecule has 0 aliphatic heterocycles. The Bertz CT molecular complexity index is 278. The van der Waals surface area contributed by atoms with Crippen molar-refractivity contribution < 1.29 is 10.1 Å². The summed E-state index contributed by atoms with van der Waals surface area (Å²) in [6, 6.07) is 8.91. The predicted octanol–water partition coefficient (Wildman–Crippen LogP) is 1.55. The van der Waals surface area contributed by atoms with Crippen molar-refractivity contribution in [3.8, 4) is 0 Å². The molecule has 14 heavy (non-hydrogen) atoms. The Hall–Kier alpha value is -0.380. The Morgan fingerprint density at radius 3 is 2.93 bits per heavy atom. The number of hydrogen-bond acceptors (Lipinski definition) is 1. The van der Waals surface area contributed by atoms with Gasteiger partial charge in [-0.3, -0.25) is 0 Å². The van der Waals surface area contributed by atoms with Gasteiger partial charge in [0.15, 0.2) is 0 Å². The SMILES string of the molecule is COCC(C)[NH2+]Cc1cccc(Br)c1. The van der Waals surface area contributed by atoms with E-state index in [-0.39, 0.29) is 0 Å². The fraction of sp³-hybridized carbons (Fsp3) is 0.455. The molecule has 1 aromatic carbocycles.